The van der Waals surface area contributed by atoms with Gasteiger partial charge in [-0.1, -0.05) is 42.5 Å². The maximum absolute atomic E-state index is 12.5. The van der Waals surface area contributed by atoms with Gasteiger partial charge in [-0.2, -0.15) is 0 Å². The molecular weight excluding hydrogens is 392 g/mol. The second-order valence-corrected chi connectivity index (χ2v) is 7.87. The number of ether oxygens (including phenoxy) is 1. The topological polar surface area (TPSA) is 75.7 Å². The molecule has 1 aliphatic rings. The van der Waals surface area contributed by atoms with Crippen LogP contribution in [0.2, 0.25) is 0 Å². The Morgan fingerprint density at radius 2 is 1.58 bits per heavy atom. The highest BCUT2D eigenvalue weighted by Crippen LogP contribution is 2.18. The van der Waals surface area contributed by atoms with Crippen LogP contribution < -0.4 is 5.32 Å². The molecule has 1 saturated heterocycles. The second-order valence-electron chi connectivity index (χ2n) is 7.87. The van der Waals surface area contributed by atoms with Gasteiger partial charge in [-0.3, -0.25) is 9.59 Å². The number of methoxy groups -OCH3 is 1. The minimum atomic E-state index is -0.357. The number of carbonyl (C=O) groups excluding carboxylic acids is 3. The van der Waals surface area contributed by atoms with Crippen LogP contribution in [0.3, 0.4) is 0 Å². The maximum Gasteiger partial charge on any atom is 0.337 e. The third-order valence-corrected chi connectivity index (χ3v) is 5.78. The number of likely N-dealkylation sites (tertiary alicyclic amines) is 1. The van der Waals surface area contributed by atoms with Crippen molar-refractivity contribution < 1.29 is 19.1 Å². The summed E-state index contributed by atoms with van der Waals surface area (Å²) >= 11 is 0. The number of nitrogens with zero attached hydrogens (tertiary/aromatic N) is 1. The number of esters is 1. The van der Waals surface area contributed by atoms with Crippen LogP contribution in [-0.4, -0.2) is 49.4 Å². The summed E-state index contributed by atoms with van der Waals surface area (Å²) in [6.45, 7) is 1.83. The predicted octanol–water partition coefficient (Wildman–Crippen LogP) is 3.00. The van der Waals surface area contributed by atoms with Gasteiger partial charge in [-0.15, -0.1) is 0 Å². The monoisotopic (exact) mass is 422 g/mol. The summed E-state index contributed by atoms with van der Waals surface area (Å²) < 4.78 is 4.69. The van der Waals surface area contributed by atoms with E-state index in [1.54, 1.807) is 12.1 Å². The summed E-state index contributed by atoms with van der Waals surface area (Å²) in [7, 11) is 1.36. The zero-order valence-corrected chi connectivity index (χ0v) is 18.0. The highest BCUT2D eigenvalue weighted by atomic mass is 16.5. The SMILES string of the molecule is COC(=O)c1ccc(CCNC(=O)C2CCN(C(=O)CCc3ccccc3)CC2)cc1. The second kappa shape index (κ2) is 11.3. The van der Waals surface area contributed by atoms with Gasteiger partial charge in [-0.25, -0.2) is 4.79 Å². The van der Waals surface area contributed by atoms with Crippen LogP contribution in [0.5, 0.6) is 0 Å². The summed E-state index contributed by atoms with van der Waals surface area (Å²) in [6, 6.07) is 17.2. The maximum atomic E-state index is 12.5. The highest BCUT2D eigenvalue weighted by molar-refractivity contribution is 5.89. The van der Waals surface area contributed by atoms with Gasteiger partial charge in [0.25, 0.3) is 0 Å². The Kier molecular flexibility index (Phi) is 8.21. The van der Waals surface area contributed by atoms with Crippen LogP contribution in [0.15, 0.2) is 54.6 Å². The lowest BCUT2D eigenvalue weighted by molar-refractivity contribution is -0.135. The molecule has 0 aromatic heterocycles. The first-order valence-corrected chi connectivity index (χ1v) is 10.8. The van der Waals surface area contributed by atoms with Gasteiger partial charge >= 0.3 is 5.97 Å². The normalized spacial score (nSPS) is 14.2. The van der Waals surface area contributed by atoms with Crippen LogP contribution in [-0.2, 0) is 27.2 Å². The minimum absolute atomic E-state index is 0.0418. The molecular formula is C25H30N2O4. The van der Waals surface area contributed by atoms with Crippen LogP contribution >= 0.6 is 0 Å². The fraction of sp³-hybridized carbons (Fsp3) is 0.400. The third-order valence-electron chi connectivity index (χ3n) is 5.78. The van der Waals surface area contributed by atoms with E-state index in [0.717, 1.165) is 12.0 Å². The zero-order valence-electron chi connectivity index (χ0n) is 18.0. The number of piperidine rings is 1. The van der Waals surface area contributed by atoms with Crippen LogP contribution in [0.4, 0.5) is 0 Å². The Morgan fingerprint density at radius 1 is 0.935 bits per heavy atom. The number of benzene rings is 2. The Hall–Kier alpha value is -3.15. The number of hydrogen-bond donors (Lipinski definition) is 1. The van der Waals surface area contributed by atoms with Crippen molar-refractivity contribution in [3.8, 4) is 0 Å². The van der Waals surface area contributed by atoms with Crippen molar-refractivity contribution in [2.24, 2.45) is 5.92 Å². The van der Waals surface area contributed by atoms with Gasteiger partial charge in [0.15, 0.2) is 0 Å². The molecule has 6 nitrogen and oxygen atoms in total. The molecule has 1 aliphatic heterocycles. The highest BCUT2D eigenvalue weighted by Gasteiger charge is 2.26. The van der Waals surface area contributed by atoms with E-state index in [1.165, 1.54) is 12.7 Å². The van der Waals surface area contributed by atoms with Gasteiger partial charge < -0.3 is 15.0 Å². The molecule has 1 fully saturated rings. The average molecular weight is 423 g/mol. The van der Waals surface area contributed by atoms with Gasteiger partial charge in [0, 0.05) is 32.0 Å². The van der Waals surface area contributed by atoms with E-state index in [4.69, 9.17) is 4.74 Å². The molecule has 0 radical (unpaired) electrons. The van der Waals surface area contributed by atoms with E-state index in [9.17, 15) is 14.4 Å². The summed E-state index contributed by atoms with van der Waals surface area (Å²) in [5, 5.41) is 3.01. The van der Waals surface area contributed by atoms with Gasteiger partial charge in [0.05, 0.1) is 12.7 Å². The van der Waals surface area contributed by atoms with Crippen LogP contribution in [0.1, 0.15) is 40.7 Å². The summed E-state index contributed by atoms with van der Waals surface area (Å²) in [4.78, 5) is 38.3. The van der Waals surface area contributed by atoms with Crippen LogP contribution in [0, 0.1) is 5.92 Å². The molecule has 2 amide bonds. The van der Waals surface area contributed by atoms with Crippen molar-refractivity contribution in [3.05, 3.63) is 71.3 Å². The molecule has 2 aromatic carbocycles. The molecule has 6 heteroatoms. The van der Waals surface area contributed by atoms with Crippen molar-refractivity contribution in [3.63, 3.8) is 0 Å². The van der Waals surface area contributed by atoms with Crippen molar-refractivity contribution in [2.45, 2.75) is 32.1 Å². The minimum Gasteiger partial charge on any atom is -0.465 e. The molecule has 1 heterocycles. The smallest absolute Gasteiger partial charge is 0.337 e. The summed E-state index contributed by atoms with van der Waals surface area (Å²) in [5.74, 6) is -0.176. The van der Waals surface area contributed by atoms with Gasteiger partial charge in [0.1, 0.15) is 0 Å². The molecule has 1 N–H and O–H groups in total. The number of nitrogens with one attached hydrogen (secondary N) is 1. The molecule has 0 atom stereocenters. The Balaban J connectivity index is 1.35. The van der Waals surface area contributed by atoms with E-state index in [1.807, 2.05) is 47.4 Å². The number of carbonyl (C=O) groups is 3. The molecule has 3 rings (SSSR count). The lowest BCUT2D eigenvalue weighted by Gasteiger charge is -2.31. The molecule has 0 bridgehead atoms. The van der Waals surface area contributed by atoms with E-state index in [-0.39, 0.29) is 23.7 Å². The standard InChI is InChI=1S/C25H30N2O4/c1-31-25(30)22-10-7-20(8-11-22)13-16-26-24(29)21-14-17-27(18-15-21)23(28)12-9-19-5-3-2-4-6-19/h2-8,10-11,21H,9,12-18H2,1H3,(H,26,29). The molecule has 31 heavy (non-hydrogen) atoms. The van der Waals surface area contributed by atoms with Gasteiger partial charge in [-0.05, 0) is 48.9 Å². The van der Waals surface area contributed by atoms with Crippen molar-refractivity contribution in [1.82, 2.24) is 10.2 Å². The average Bonchev–Trinajstić information content (AvgIpc) is 2.83. The molecule has 0 spiro atoms. The van der Waals surface area contributed by atoms with E-state index in [0.29, 0.717) is 50.9 Å². The Bertz CT molecular complexity index is 872. The summed E-state index contributed by atoms with van der Waals surface area (Å²) in [6.07, 6.45) is 3.37. The lowest BCUT2D eigenvalue weighted by atomic mass is 9.95. The first-order valence-electron chi connectivity index (χ1n) is 10.8. The van der Waals surface area contributed by atoms with Crippen LogP contribution in [0.25, 0.3) is 0 Å². The first kappa shape index (κ1) is 22.5. The van der Waals surface area contributed by atoms with Crippen molar-refractivity contribution in [1.29, 1.82) is 0 Å². The fourth-order valence-electron chi connectivity index (χ4n) is 3.84. The molecule has 0 aliphatic carbocycles. The molecule has 2 aromatic rings. The molecule has 0 saturated carbocycles. The Morgan fingerprint density at radius 3 is 2.23 bits per heavy atom. The Labute approximate surface area is 183 Å². The van der Waals surface area contributed by atoms with E-state index in [2.05, 4.69) is 5.32 Å². The molecule has 0 unspecified atom stereocenters. The first-order chi connectivity index (χ1) is 15.1. The number of aryl methyl sites for hydroxylation is 1. The number of rotatable bonds is 8. The van der Waals surface area contributed by atoms with E-state index >= 15 is 0 Å². The van der Waals surface area contributed by atoms with Crippen molar-refractivity contribution >= 4 is 17.8 Å². The number of hydrogen-bond acceptors (Lipinski definition) is 4. The van der Waals surface area contributed by atoms with E-state index < -0.39 is 0 Å². The van der Waals surface area contributed by atoms with Gasteiger partial charge in [0.2, 0.25) is 11.8 Å². The quantitative estimate of drug-likeness (QED) is 0.664. The van der Waals surface area contributed by atoms with Crippen molar-refractivity contribution in [2.75, 3.05) is 26.7 Å². The largest absolute Gasteiger partial charge is 0.465 e. The zero-order chi connectivity index (χ0) is 22.1. The molecule has 164 valence electrons. The third kappa shape index (κ3) is 6.67. The number of amides is 2. The lowest BCUT2D eigenvalue weighted by Crippen LogP contribution is -2.43. The predicted molar refractivity (Wildman–Crippen MR) is 119 cm³/mol. The fourth-order valence-corrected chi connectivity index (χ4v) is 3.84. The summed E-state index contributed by atoms with van der Waals surface area (Å²) in [5.41, 5.74) is 2.73.